The summed E-state index contributed by atoms with van der Waals surface area (Å²) in [5.41, 5.74) is -0.124. The maximum absolute atomic E-state index is 12.6. The molecule has 2 rings (SSSR count). The molecule has 1 aliphatic heterocycles. The minimum absolute atomic E-state index is 0.0154. The summed E-state index contributed by atoms with van der Waals surface area (Å²) in [4.78, 5) is 15.6. The normalized spacial score (nSPS) is 15.9. The lowest BCUT2D eigenvalue weighted by molar-refractivity contribution is -0.127. The highest BCUT2D eigenvalue weighted by molar-refractivity contribution is 7.89. The Morgan fingerprint density at radius 2 is 1.68 bits per heavy atom. The summed E-state index contributed by atoms with van der Waals surface area (Å²) in [7, 11) is -3.57. The molecule has 10 heteroatoms. The molecule has 1 aromatic rings. The first kappa shape index (κ1) is 21.8. The van der Waals surface area contributed by atoms with Crippen molar-refractivity contribution in [2.75, 3.05) is 52.5 Å². The molecule has 1 fully saturated rings. The Hall–Kier alpha value is -2.45. The second-order valence-electron chi connectivity index (χ2n) is 6.15. The number of nitrogens with zero attached hydrogens (tertiary/aromatic N) is 4. The fourth-order valence-corrected chi connectivity index (χ4v) is 4.30. The SMILES string of the molecule is N#C/C(=C/N1CCN(S(=O)(=O)c2ccccc2)CC1)C(=O)N(CCO)CCO. The minimum atomic E-state index is -3.57. The van der Waals surface area contributed by atoms with Crippen LogP contribution in [0.2, 0.25) is 0 Å². The third-order valence-corrected chi connectivity index (χ3v) is 6.26. The van der Waals surface area contributed by atoms with Gasteiger partial charge in [0.1, 0.15) is 11.6 Å². The highest BCUT2D eigenvalue weighted by Gasteiger charge is 2.28. The number of amides is 1. The number of aliphatic hydroxyl groups is 2. The number of rotatable bonds is 8. The maximum atomic E-state index is 12.6. The van der Waals surface area contributed by atoms with Crippen molar-refractivity contribution in [1.29, 1.82) is 5.26 Å². The molecule has 1 saturated heterocycles. The van der Waals surface area contributed by atoms with Crippen molar-refractivity contribution in [3.63, 3.8) is 0 Å². The molecular formula is C18H24N4O5S. The van der Waals surface area contributed by atoms with E-state index in [1.165, 1.54) is 15.4 Å². The van der Waals surface area contributed by atoms with Gasteiger partial charge < -0.3 is 20.0 Å². The smallest absolute Gasteiger partial charge is 0.266 e. The molecule has 1 amide bonds. The number of nitriles is 1. The Balaban J connectivity index is 2.05. The lowest BCUT2D eigenvalue weighted by Gasteiger charge is -2.33. The highest BCUT2D eigenvalue weighted by atomic mass is 32.2. The molecule has 28 heavy (non-hydrogen) atoms. The summed E-state index contributed by atoms with van der Waals surface area (Å²) in [6.45, 7) is 0.619. The number of carbonyl (C=O) groups excluding carboxylic acids is 1. The molecule has 0 saturated carbocycles. The summed E-state index contributed by atoms with van der Waals surface area (Å²) in [5.74, 6) is -0.579. The topological polar surface area (TPSA) is 125 Å². The Morgan fingerprint density at radius 3 is 2.18 bits per heavy atom. The van der Waals surface area contributed by atoms with Crippen molar-refractivity contribution in [1.82, 2.24) is 14.1 Å². The van der Waals surface area contributed by atoms with Crippen molar-refractivity contribution in [3.05, 3.63) is 42.1 Å². The summed E-state index contributed by atoms with van der Waals surface area (Å²) >= 11 is 0. The van der Waals surface area contributed by atoms with Gasteiger partial charge in [0.05, 0.1) is 18.1 Å². The minimum Gasteiger partial charge on any atom is -0.395 e. The molecular weight excluding hydrogens is 384 g/mol. The van der Waals surface area contributed by atoms with Crippen LogP contribution >= 0.6 is 0 Å². The van der Waals surface area contributed by atoms with E-state index in [0.717, 1.165) is 0 Å². The molecule has 0 aliphatic carbocycles. The average molecular weight is 408 g/mol. The summed E-state index contributed by atoms with van der Waals surface area (Å²) in [6.07, 6.45) is 1.41. The van der Waals surface area contributed by atoms with Crippen molar-refractivity contribution < 1.29 is 23.4 Å². The van der Waals surface area contributed by atoms with Gasteiger partial charge in [-0.3, -0.25) is 4.79 Å². The first-order valence-electron chi connectivity index (χ1n) is 8.86. The van der Waals surface area contributed by atoms with Gasteiger partial charge in [0, 0.05) is 45.5 Å². The van der Waals surface area contributed by atoms with Crippen molar-refractivity contribution in [2.24, 2.45) is 0 Å². The average Bonchev–Trinajstić information content (AvgIpc) is 2.72. The van der Waals surface area contributed by atoms with Gasteiger partial charge in [0.25, 0.3) is 5.91 Å². The number of hydrogen-bond acceptors (Lipinski definition) is 7. The van der Waals surface area contributed by atoms with E-state index < -0.39 is 15.9 Å². The second-order valence-corrected chi connectivity index (χ2v) is 8.09. The molecule has 1 aromatic carbocycles. The summed E-state index contributed by atoms with van der Waals surface area (Å²) < 4.78 is 26.7. The van der Waals surface area contributed by atoms with Gasteiger partial charge in [-0.25, -0.2) is 8.42 Å². The second kappa shape index (κ2) is 10.2. The molecule has 0 atom stereocenters. The molecule has 2 N–H and O–H groups in total. The van der Waals surface area contributed by atoms with Crippen molar-refractivity contribution >= 4 is 15.9 Å². The molecule has 0 unspecified atom stereocenters. The summed E-state index contributed by atoms with van der Waals surface area (Å²) in [5, 5.41) is 27.4. The van der Waals surface area contributed by atoms with Gasteiger partial charge in [-0.2, -0.15) is 9.57 Å². The number of carbonyl (C=O) groups is 1. The zero-order valence-electron chi connectivity index (χ0n) is 15.4. The predicted molar refractivity (Wildman–Crippen MR) is 101 cm³/mol. The van der Waals surface area contributed by atoms with E-state index in [0.29, 0.717) is 13.1 Å². The Morgan fingerprint density at radius 1 is 1.11 bits per heavy atom. The maximum Gasteiger partial charge on any atom is 0.266 e. The number of aliphatic hydroxyl groups excluding tert-OH is 2. The lowest BCUT2D eigenvalue weighted by atomic mass is 10.2. The van der Waals surface area contributed by atoms with Gasteiger partial charge in [-0.15, -0.1) is 0 Å². The first-order chi connectivity index (χ1) is 13.4. The van der Waals surface area contributed by atoms with Crippen LogP contribution in [0.1, 0.15) is 0 Å². The zero-order chi connectivity index (χ0) is 20.6. The van der Waals surface area contributed by atoms with E-state index >= 15 is 0 Å². The molecule has 0 spiro atoms. The lowest BCUT2D eigenvalue weighted by Crippen LogP contribution is -2.47. The molecule has 0 aromatic heterocycles. The zero-order valence-corrected chi connectivity index (χ0v) is 16.3. The van der Waals surface area contributed by atoms with Crippen LogP contribution < -0.4 is 0 Å². The van der Waals surface area contributed by atoms with E-state index in [1.54, 1.807) is 35.2 Å². The van der Waals surface area contributed by atoms with E-state index in [2.05, 4.69) is 0 Å². The quantitative estimate of drug-likeness (QED) is 0.427. The number of benzene rings is 1. The van der Waals surface area contributed by atoms with Crippen LogP contribution in [-0.4, -0.2) is 91.1 Å². The first-order valence-corrected chi connectivity index (χ1v) is 10.3. The Kier molecular flexibility index (Phi) is 7.95. The Bertz CT molecular complexity index is 821. The van der Waals surface area contributed by atoms with Crippen LogP contribution in [0, 0.1) is 11.3 Å². The van der Waals surface area contributed by atoms with Gasteiger partial charge in [0.15, 0.2) is 0 Å². The van der Waals surface area contributed by atoms with Crippen LogP contribution in [0.4, 0.5) is 0 Å². The molecule has 1 heterocycles. The third kappa shape index (κ3) is 5.30. The van der Waals surface area contributed by atoms with Gasteiger partial charge in [0.2, 0.25) is 10.0 Å². The number of hydrogen-bond donors (Lipinski definition) is 2. The van der Waals surface area contributed by atoms with Crippen LogP contribution in [0.25, 0.3) is 0 Å². The van der Waals surface area contributed by atoms with Gasteiger partial charge >= 0.3 is 0 Å². The van der Waals surface area contributed by atoms with E-state index in [1.807, 2.05) is 6.07 Å². The van der Waals surface area contributed by atoms with E-state index in [4.69, 9.17) is 10.2 Å². The number of sulfonamides is 1. The molecule has 1 aliphatic rings. The highest BCUT2D eigenvalue weighted by Crippen LogP contribution is 2.17. The fraction of sp³-hybridized carbons (Fsp3) is 0.444. The largest absolute Gasteiger partial charge is 0.395 e. The number of piperazine rings is 1. The van der Waals surface area contributed by atoms with Crippen LogP contribution in [-0.2, 0) is 14.8 Å². The van der Waals surface area contributed by atoms with Crippen LogP contribution in [0.15, 0.2) is 47.0 Å². The van der Waals surface area contributed by atoms with E-state index in [-0.39, 0.29) is 49.9 Å². The van der Waals surface area contributed by atoms with Gasteiger partial charge in [-0.05, 0) is 12.1 Å². The van der Waals surface area contributed by atoms with Crippen molar-refractivity contribution in [2.45, 2.75) is 4.90 Å². The van der Waals surface area contributed by atoms with E-state index in [9.17, 15) is 18.5 Å². The predicted octanol–water partition coefficient (Wildman–Crippen LogP) is -0.786. The van der Waals surface area contributed by atoms with Crippen LogP contribution in [0.5, 0.6) is 0 Å². The van der Waals surface area contributed by atoms with Crippen LogP contribution in [0.3, 0.4) is 0 Å². The molecule has 0 bridgehead atoms. The standard InChI is InChI=1S/C18H24N4O5S/c19-14-16(18(25)21(10-12-23)11-13-24)15-20-6-8-22(9-7-20)28(26,27)17-4-2-1-3-5-17/h1-5,15,23-24H,6-13H2/b16-15-. The molecule has 9 nitrogen and oxygen atoms in total. The molecule has 152 valence electrons. The summed E-state index contributed by atoms with van der Waals surface area (Å²) in [6, 6.07) is 10.0. The molecule has 0 radical (unpaired) electrons. The monoisotopic (exact) mass is 408 g/mol. The van der Waals surface area contributed by atoms with Crippen molar-refractivity contribution in [3.8, 4) is 6.07 Å². The van der Waals surface area contributed by atoms with Gasteiger partial charge in [-0.1, -0.05) is 18.2 Å². The third-order valence-electron chi connectivity index (χ3n) is 4.34. The Labute approximate surface area is 164 Å². The fourth-order valence-electron chi connectivity index (χ4n) is 2.86.